The van der Waals surface area contributed by atoms with Gasteiger partial charge in [-0.25, -0.2) is 0 Å². The van der Waals surface area contributed by atoms with E-state index in [2.05, 4.69) is 20.8 Å². The second kappa shape index (κ2) is 11.3. The maximum absolute atomic E-state index is 13.3. The van der Waals surface area contributed by atoms with Crippen molar-refractivity contribution in [1.29, 1.82) is 0 Å². The average molecular weight is 469 g/mol. The first-order chi connectivity index (χ1) is 12.3. The molecule has 1 aliphatic carbocycles. The zero-order valence-electron chi connectivity index (χ0n) is 17.7. The Morgan fingerprint density at radius 2 is 1.38 bits per heavy atom. The van der Waals surface area contributed by atoms with Gasteiger partial charge >= 0.3 is 165 Å². The third-order valence-electron chi connectivity index (χ3n) is 5.38. The summed E-state index contributed by atoms with van der Waals surface area (Å²) >= 11 is -2.90. The predicted molar refractivity (Wildman–Crippen MR) is 112 cm³/mol. The molecule has 0 heterocycles. The van der Waals surface area contributed by atoms with Crippen molar-refractivity contribution in [3.63, 3.8) is 0 Å². The first-order valence-corrected chi connectivity index (χ1v) is 18.0. The number of Topliss-reactive ketones (excluding diaryl/α,β-unsaturated/α-hetero) is 1. The van der Waals surface area contributed by atoms with Crippen molar-refractivity contribution in [2.75, 3.05) is 0 Å². The molecule has 1 rings (SSSR count). The van der Waals surface area contributed by atoms with Crippen LogP contribution in [0.25, 0.3) is 0 Å². The Morgan fingerprint density at radius 1 is 0.923 bits per heavy atom. The summed E-state index contributed by atoms with van der Waals surface area (Å²) in [5.74, 6) is 0.297. The van der Waals surface area contributed by atoms with Crippen LogP contribution in [0.3, 0.4) is 0 Å². The zero-order chi connectivity index (χ0) is 19.7. The van der Waals surface area contributed by atoms with E-state index in [0.717, 1.165) is 22.9 Å². The molecule has 0 saturated heterocycles. The number of ether oxygens (including phenoxy) is 1. The van der Waals surface area contributed by atoms with Gasteiger partial charge in [-0.1, -0.05) is 0 Å². The van der Waals surface area contributed by atoms with Gasteiger partial charge in [-0.2, -0.15) is 0 Å². The van der Waals surface area contributed by atoms with Crippen LogP contribution in [0.15, 0.2) is 21.0 Å². The van der Waals surface area contributed by atoms with Crippen LogP contribution < -0.4 is 0 Å². The normalized spacial score (nSPS) is 15.7. The number of carbonyl (C=O) groups excluding carboxylic acids is 2. The van der Waals surface area contributed by atoms with Crippen LogP contribution in [0.1, 0.15) is 80.1 Å². The Morgan fingerprint density at radius 3 is 1.77 bits per heavy atom. The van der Waals surface area contributed by atoms with E-state index in [1.54, 1.807) is 13.0 Å². The molecule has 0 fully saturated rings. The van der Waals surface area contributed by atoms with Crippen LogP contribution in [0.2, 0.25) is 13.3 Å². The molecule has 0 amide bonds. The van der Waals surface area contributed by atoms with Gasteiger partial charge in [-0.05, 0) is 0 Å². The number of unbranched alkanes of at least 4 members (excludes halogenated alkanes) is 3. The van der Waals surface area contributed by atoms with Gasteiger partial charge in [0.15, 0.2) is 0 Å². The number of rotatable bonds is 12. The molecule has 0 aromatic rings. The number of ketones is 2. The molecule has 26 heavy (non-hydrogen) atoms. The van der Waals surface area contributed by atoms with Crippen molar-refractivity contribution in [2.24, 2.45) is 0 Å². The average Bonchev–Trinajstić information content (AvgIpc) is 2.61. The Hall–Kier alpha value is -0.581. The summed E-state index contributed by atoms with van der Waals surface area (Å²) in [7, 11) is 0. The predicted octanol–water partition coefficient (Wildman–Crippen LogP) is 6.15. The molecule has 0 unspecified atom stereocenters. The molecular formula is C22H38O3Sn. The molecule has 148 valence electrons. The summed E-state index contributed by atoms with van der Waals surface area (Å²) in [6.45, 7) is 12.2. The molecular weight excluding hydrogens is 431 g/mol. The van der Waals surface area contributed by atoms with Crippen LogP contribution in [0.4, 0.5) is 0 Å². The molecule has 0 spiro atoms. The summed E-state index contributed by atoms with van der Waals surface area (Å²) in [6, 6.07) is 0. The SMILES string of the molecule is CCC[CH2][Sn]([CH2]CCC)([CH2]CCC)[C]1=CC(=O)C(OC(C)C)=C(C)C1=O. The van der Waals surface area contributed by atoms with E-state index in [0.29, 0.717) is 5.57 Å². The van der Waals surface area contributed by atoms with Crippen LogP contribution in [0, 0.1) is 0 Å². The monoisotopic (exact) mass is 470 g/mol. The molecule has 4 heteroatoms. The minimum absolute atomic E-state index is 0.0867. The summed E-state index contributed by atoms with van der Waals surface area (Å²) in [5, 5.41) is 0. The number of hydrogen-bond acceptors (Lipinski definition) is 3. The zero-order valence-corrected chi connectivity index (χ0v) is 20.6. The molecule has 0 aliphatic heterocycles. The van der Waals surface area contributed by atoms with E-state index in [1.807, 2.05) is 13.8 Å². The van der Waals surface area contributed by atoms with Gasteiger partial charge < -0.3 is 0 Å². The minimum atomic E-state index is -2.90. The van der Waals surface area contributed by atoms with Gasteiger partial charge in [0, 0.05) is 0 Å². The van der Waals surface area contributed by atoms with Crippen molar-refractivity contribution >= 4 is 29.9 Å². The van der Waals surface area contributed by atoms with Crippen LogP contribution in [-0.4, -0.2) is 36.0 Å². The Balaban J connectivity index is 3.31. The fourth-order valence-electron chi connectivity index (χ4n) is 3.85. The van der Waals surface area contributed by atoms with E-state index in [9.17, 15) is 9.59 Å². The van der Waals surface area contributed by atoms with Gasteiger partial charge in [0.25, 0.3) is 0 Å². The van der Waals surface area contributed by atoms with Crippen LogP contribution in [-0.2, 0) is 14.3 Å². The number of hydrogen-bond donors (Lipinski definition) is 0. The molecule has 0 bridgehead atoms. The van der Waals surface area contributed by atoms with Crippen LogP contribution >= 0.6 is 0 Å². The van der Waals surface area contributed by atoms with Gasteiger partial charge in [0.1, 0.15) is 0 Å². The van der Waals surface area contributed by atoms with Crippen molar-refractivity contribution in [2.45, 2.75) is 99.5 Å². The van der Waals surface area contributed by atoms with Gasteiger partial charge in [0.2, 0.25) is 0 Å². The molecule has 0 saturated carbocycles. The summed E-state index contributed by atoms with van der Waals surface area (Å²) in [4.78, 5) is 26.1. The fraction of sp³-hybridized carbons (Fsp3) is 0.727. The Kier molecular flexibility index (Phi) is 10.2. The van der Waals surface area contributed by atoms with Crippen molar-refractivity contribution in [3.05, 3.63) is 21.0 Å². The summed E-state index contributed by atoms with van der Waals surface area (Å²) in [6.07, 6.45) is 8.61. The van der Waals surface area contributed by atoms with E-state index in [1.165, 1.54) is 32.6 Å². The molecule has 0 atom stereocenters. The standard InChI is InChI=1S/C10H11O3.3C4H9.Sn/c1-6(2)13-10-7(3)8(11)4-5-9(10)12;3*1-3-4-2;/h5-6H,1-3H3;3*1,3-4H2,2H3;. The van der Waals surface area contributed by atoms with Gasteiger partial charge in [-0.3, -0.25) is 0 Å². The fourth-order valence-corrected chi connectivity index (χ4v) is 20.3. The first kappa shape index (κ1) is 23.5. The molecule has 0 aromatic heterocycles. The van der Waals surface area contributed by atoms with E-state index in [-0.39, 0.29) is 23.4 Å². The van der Waals surface area contributed by atoms with Crippen molar-refractivity contribution in [3.8, 4) is 0 Å². The molecule has 0 N–H and O–H groups in total. The molecule has 3 nitrogen and oxygen atoms in total. The Bertz CT molecular complexity index is 536. The maximum atomic E-state index is 13.3. The van der Waals surface area contributed by atoms with Gasteiger partial charge in [-0.15, -0.1) is 0 Å². The first-order valence-electron chi connectivity index (χ1n) is 10.5. The molecule has 0 aromatic carbocycles. The summed E-state index contributed by atoms with van der Waals surface area (Å²) < 4.78 is 10.2. The topological polar surface area (TPSA) is 43.4 Å². The Labute approximate surface area is 164 Å². The third-order valence-corrected chi connectivity index (χ3v) is 20.9. The molecule has 1 aliphatic rings. The number of allylic oxidation sites excluding steroid dienone is 3. The van der Waals surface area contributed by atoms with E-state index in [4.69, 9.17) is 4.74 Å². The van der Waals surface area contributed by atoms with Crippen molar-refractivity contribution < 1.29 is 14.3 Å². The number of carbonyl (C=O) groups is 2. The summed E-state index contributed by atoms with van der Waals surface area (Å²) in [5.41, 5.74) is 0.534. The second-order valence-corrected chi connectivity index (χ2v) is 21.1. The molecule has 0 radical (unpaired) electrons. The quantitative estimate of drug-likeness (QED) is 0.254. The van der Waals surface area contributed by atoms with Gasteiger partial charge in [0.05, 0.1) is 0 Å². The van der Waals surface area contributed by atoms with Crippen LogP contribution in [0.5, 0.6) is 0 Å². The van der Waals surface area contributed by atoms with Crippen molar-refractivity contribution in [1.82, 2.24) is 0 Å². The van der Waals surface area contributed by atoms with E-state index < -0.39 is 18.4 Å². The third kappa shape index (κ3) is 5.97. The second-order valence-electron chi connectivity index (χ2n) is 7.96. The van der Waals surface area contributed by atoms with E-state index >= 15 is 0 Å².